The number of rotatable bonds is 5. The monoisotopic (exact) mass is 444 g/mol. The molecule has 3 unspecified atom stereocenters. The Morgan fingerprint density at radius 3 is 2.43 bits per heavy atom. The number of hydrogen-bond donors (Lipinski definition) is 1. The third-order valence-corrected chi connectivity index (χ3v) is 6.41. The van der Waals surface area contributed by atoms with Gasteiger partial charge in [-0.1, -0.05) is 67.4 Å². The molecular weight excluding hydrogens is 423 g/mol. The van der Waals surface area contributed by atoms with Crippen LogP contribution in [0.15, 0.2) is 45.7 Å². The van der Waals surface area contributed by atoms with Crippen molar-refractivity contribution in [1.29, 1.82) is 5.26 Å². The first-order valence-electron chi connectivity index (χ1n) is 9.54. The Morgan fingerprint density at radius 1 is 1.30 bits per heavy atom. The molecule has 5 nitrogen and oxygen atoms in total. The highest BCUT2D eigenvalue weighted by Crippen LogP contribution is 2.61. The highest BCUT2D eigenvalue weighted by atomic mass is 35.5. The number of carbonyl (C=O) groups is 1. The number of ketones is 1. The number of pyridine rings is 1. The molecule has 1 heterocycles. The van der Waals surface area contributed by atoms with E-state index < -0.39 is 28.8 Å². The second kappa shape index (κ2) is 7.94. The SMILES string of the molecule is Cc1c(C(=O)C2C(C=C(Cl)Cl)C2(C)C)c(O)n(C(C)c2ccccc2)c(=O)c1C#N. The van der Waals surface area contributed by atoms with Crippen LogP contribution in [-0.4, -0.2) is 15.5 Å². The highest BCUT2D eigenvalue weighted by molar-refractivity contribution is 6.55. The zero-order valence-electron chi connectivity index (χ0n) is 17.1. The number of carbonyl (C=O) groups excluding carboxylic acids is 1. The number of aromatic hydroxyl groups is 1. The fourth-order valence-electron chi connectivity index (χ4n) is 4.24. The molecule has 3 rings (SSSR count). The minimum Gasteiger partial charge on any atom is -0.494 e. The van der Waals surface area contributed by atoms with E-state index in [9.17, 15) is 20.0 Å². The summed E-state index contributed by atoms with van der Waals surface area (Å²) in [5.74, 6) is -1.44. The molecule has 156 valence electrons. The van der Waals surface area contributed by atoms with Crippen LogP contribution in [0.5, 0.6) is 5.88 Å². The first-order chi connectivity index (χ1) is 14.0. The van der Waals surface area contributed by atoms with Crippen molar-refractivity contribution in [2.45, 2.75) is 33.7 Å². The van der Waals surface area contributed by atoms with Crippen LogP contribution in [0.4, 0.5) is 0 Å². The summed E-state index contributed by atoms with van der Waals surface area (Å²) in [6, 6.07) is 10.4. The molecule has 0 bridgehead atoms. The zero-order valence-corrected chi connectivity index (χ0v) is 18.6. The van der Waals surface area contributed by atoms with Crippen LogP contribution in [0.3, 0.4) is 0 Å². The maximum atomic E-state index is 13.4. The Morgan fingerprint density at radius 2 is 1.90 bits per heavy atom. The number of hydrogen-bond acceptors (Lipinski definition) is 4. The van der Waals surface area contributed by atoms with E-state index in [0.717, 1.165) is 10.1 Å². The number of benzene rings is 1. The molecule has 0 saturated heterocycles. The Kier molecular flexibility index (Phi) is 5.86. The summed E-state index contributed by atoms with van der Waals surface area (Å²) in [5.41, 5.74) is -0.250. The molecule has 30 heavy (non-hydrogen) atoms. The third kappa shape index (κ3) is 3.55. The molecular formula is C23H22Cl2N2O3. The van der Waals surface area contributed by atoms with Crippen molar-refractivity contribution < 1.29 is 9.90 Å². The van der Waals surface area contributed by atoms with E-state index in [4.69, 9.17) is 23.2 Å². The Bertz CT molecular complexity index is 1140. The highest BCUT2D eigenvalue weighted by Gasteiger charge is 2.61. The van der Waals surface area contributed by atoms with E-state index in [1.54, 1.807) is 13.0 Å². The average molecular weight is 445 g/mol. The Balaban J connectivity index is 2.20. The maximum Gasteiger partial charge on any atom is 0.272 e. The van der Waals surface area contributed by atoms with Gasteiger partial charge in [0, 0.05) is 5.92 Å². The molecule has 0 aliphatic heterocycles. The summed E-state index contributed by atoms with van der Waals surface area (Å²) in [7, 11) is 0. The summed E-state index contributed by atoms with van der Waals surface area (Å²) < 4.78 is 1.19. The van der Waals surface area contributed by atoms with Gasteiger partial charge in [0.2, 0.25) is 5.88 Å². The lowest BCUT2D eigenvalue weighted by atomic mass is 9.95. The second-order valence-corrected chi connectivity index (χ2v) is 9.23. The Hall–Kier alpha value is -2.55. The minimum absolute atomic E-state index is 0.00592. The van der Waals surface area contributed by atoms with E-state index in [-0.39, 0.29) is 32.9 Å². The molecule has 1 saturated carbocycles. The van der Waals surface area contributed by atoms with Crippen molar-refractivity contribution in [2.75, 3.05) is 0 Å². The van der Waals surface area contributed by atoms with Gasteiger partial charge in [-0.25, -0.2) is 0 Å². The molecule has 1 N–H and O–H groups in total. The van der Waals surface area contributed by atoms with Crippen LogP contribution >= 0.6 is 23.2 Å². The van der Waals surface area contributed by atoms with Gasteiger partial charge in [0.05, 0.1) is 11.6 Å². The van der Waals surface area contributed by atoms with Gasteiger partial charge < -0.3 is 5.11 Å². The van der Waals surface area contributed by atoms with Crippen molar-refractivity contribution in [1.82, 2.24) is 4.57 Å². The third-order valence-electron chi connectivity index (χ3n) is 6.16. The zero-order chi connectivity index (χ0) is 22.4. The van der Waals surface area contributed by atoms with Crippen molar-refractivity contribution >= 4 is 29.0 Å². The number of halogens is 2. The van der Waals surface area contributed by atoms with E-state index in [0.29, 0.717) is 0 Å². The summed E-state index contributed by atoms with van der Waals surface area (Å²) in [6.07, 6.45) is 1.62. The van der Waals surface area contributed by atoms with Crippen LogP contribution < -0.4 is 5.56 Å². The lowest BCUT2D eigenvalue weighted by molar-refractivity contribution is 0.0946. The van der Waals surface area contributed by atoms with Crippen LogP contribution in [-0.2, 0) is 0 Å². The van der Waals surface area contributed by atoms with Gasteiger partial charge in [0.1, 0.15) is 16.1 Å². The molecule has 1 aliphatic rings. The number of nitriles is 1. The van der Waals surface area contributed by atoms with Gasteiger partial charge in [-0.2, -0.15) is 5.26 Å². The maximum absolute atomic E-state index is 13.4. The van der Waals surface area contributed by atoms with Gasteiger partial charge in [0.25, 0.3) is 5.56 Å². The smallest absolute Gasteiger partial charge is 0.272 e. The lowest BCUT2D eigenvalue weighted by Gasteiger charge is -2.21. The van der Waals surface area contributed by atoms with Crippen molar-refractivity contribution in [3.05, 3.63) is 73.5 Å². The molecule has 7 heteroatoms. The van der Waals surface area contributed by atoms with Gasteiger partial charge in [0.15, 0.2) is 5.78 Å². The topological polar surface area (TPSA) is 83.1 Å². The van der Waals surface area contributed by atoms with E-state index in [1.807, 2.05) is 50.2 Å². The molecule has 1 aromatic carbocycles. The quantitative estimate of drug-likeness (QED) is 0.648. The van der Waals surface area contributed by atoms with Crippen LogP contribution in [0.25, 0.3) is 0 Å². The predicted octanol–water partition coefficient (Wildman–Crippen LogP) is 5.12. The van der Waals surface area contributed by atoms with Crippen LogP contribution in [0.2, 0.25) is 0 Å². The van der Waals surface area contributed by atoms with E-state index in [1.165, 1.54) is 6.92 Å². The lowest BCUT2D eigenvalue weighted by Crippen LogP contribution is -2.29. The minimum atomic E-state index is -0.629. The second-order valence-electron chi connectivity index (χ2n) is 8.22. The van der Waals surface area contributed by atoms with Crippen molar-refractivity contribution in [2.24, 2.45) is 17.3 Å². The average Bonchev–Trinajstić information content (AvgIpc) is 3.21. The fraction of sp³-hybridized carbons (Fsp3) is 0.348. The summed E-state index contributed by atoms with van der Waals surface area (Å²) >= 11 is 11.6. The molecule has 3 atom stereocenters. The normalized spacial score (nSPS) is 20.2. The molecule has 0 spiro atoms. The standard InChI is InChI=1S/C23H22Cl2N2O3/c1-12-15(11-26)21(29)27(13(2)14-8-6-5-7-9-14)22(30)18(12)20(28)19-16(10-17(24)25)23(19,3)4/h5-10,13,16,19,30H,1-4H3. The van der Waals surface area contributed by atoms with Crippen molar-refractivity contribution in [3.8, 4) is 11.9 Å². The van der Waals surface area contributed by atoms with Gasteiger partial charge in [-0.15, -0.1) is 0 Å². The van der Waals surface area contributed by atoms with Gasteiger partial charge in [-0.3, -0.25) is 14.2 Å². The van der Waals surface area contributed by atoms with Crippen LogP contribution in [0, 0.1) is 35.5 Å². The number of aromatic nitrogens is 1. The number of Topliss-reactive ketones (excluding diaryl/α,β-unsaturated/α-hetero) is 1. The van der Waals surface area contributed by atoms with Crippen molar-refractivity contribution in [3.63, 3.8) is 0 Å². The summed E-state index contributed by atoms with van der Waals surface area (Å²) in [5, 5.41) is 20.7. The van der Waals surface area contributed by atoms with Gasteiger partial charge >= 0.3 is 0 Å². The Labute approximate surface area is 185 Å². The van der Waals surface area contributed by atoms with E-state index >= 15 is 0 Å². The molecule has 1 fully saturated rings. The number of allylic oxidation sites excluding steroid dienone is 1. The number of nitrogens with zero attached hydrogens (tertiary/aromatic N) is 2. The first kappa shape index (κ1) is 22.1. The first-order valence-corrected chi connectivity index (χ1v) is 10.3. The van der Waals surface area contributed by atoms with Crippen LogP contribution in [0.1, 0.15) is 53.9 Å². The fourth-order valence-corrected chi connectivity index (χ4v) is 4.51. The van der Waals surface area contributed by atoms with Gasteiger partial charge in [-0.05, 0) is 42.4 Å². The molecule has 0 radical (unpaired) electrons. The molecule has 1 aliphatic carbocycles. The molecule has 1 aromatic heterocycles. The van der Waals surface area contributed by atoms with E-state index in [2.05, 4.69) is 0 Å². The summed E-state index contributed by atoms with van der Waals surface area (Å²) in [6.45, 7) is 7.07. The molecule has 0 amide bonds. The largest absolute Gasteiger partial charge is 0.494 e. The predicted molar refractivity (Wildman–Crippen MR) is 117 cm³/mol. The molecule has 2 aromatic rings. The summed E-state index contributed by atoms with van der Waals surface area (Å²) in [4.78, 5) is 26.4.